The van der Waals surface area contributed by atoms with Crippen molar-refractivity contribution in [1.29, 1.82) is 0 Å². The van der Waals surface area contributed by atoms with Crippen LogP contribution in [0.4, 0.5) is 5.82 Å². The van der Waals surface area contributed by atoms with Gasteiger partial charge < -0.3 is 10.2 Å². The second kappa shape index (κ2) is 6.93. The number of pyridine rings is 1. The van der Waals surface area contributed by atoms with E-state index in [-0.39, 0.29) is 0 Å². The molecule has 0 atom stereocenters. The average molecular weight is 231 g/mol. The van der Waals surface area contributed by atoms with Crippen LogP contribution in [0.15, 0.2) is 12.1 Å². The van der Waals surface area contributed by atoms with Crippen molar-refractivity contribution in [2.75, 3.05) is 24.5 Å². The van der Waals surface area contributed by atoms with Crippen molar-refractivity contribution in [1.82, 2.24) is 10.3 Å². The molecule has 1 rings (SSSR count). The van der Waals surface area contributed by atoms with E-state index in [1.165, 1.54) is 5.56 Å². The van der Waals surface area contributed by atoms with E-state index in [0.29, 0.717) is 6.54 Å². The van der Waals surface area contributed by atoms with Gasteiger partial charge in [0.2, 0.25) is 0 Å². The zero-order chi connectivity index (χ0) is 12.7. The maximum absolute atomic E-state index is 5.37. The normalized spacial score (nSPS) is 10.0. The smallest absolute Gasteiger partial charge is 0.129 e. The van der Waals surface area contributed by atoms with E-state index in [4.69, 9.17) is 6.42 Å². The lowest BCUT2D eigenvalue weighted by Crippen LogP contribution is -2.24. The van der Waals surface area contributed by atoms with E-state index in [1.807, 2.05) is 6.92 Å². The number of nitrogens with zero attached hydrogens (tertiary/aromatic N) is 2. The fourth-order valence-electron chi connectivity index (χ4n) is 1.72. The van der Waals surface area contributed by atoms with Gasteiger partial charge in [-0.05, 0) is 38.1 Å². The first kappa shape index (κ1) is 13.5. The van der Waals surface area contributed by atoms with Crippen LogP contribution in [0.25, 0.3) is 0 Å². The molecule has 0 unspecified atom stereocenters. The quantitative estimate of drug-likeness (QED) is 0.759. The lowest BCUT2D eigenvalue weighted by molar-refractivity contribution is 0.724. The summed E-state index contributed by atoms with van der Waals surface area (Å²) in [7, 11) is 0. The van der Waals surface area contributed by atoms with Crippen LogP contribution >= 0.6 is 0 Å². The van der Waals surface area contributed by atoms with Gasteiger partial charge in [-0.15, -0.1) is 6.42 Å². The molecular formula is C14H21N3. The highest BCUT2D eigenvalue weighted by Gasteiger charge is 2.06. The lowest BCUT2D eigenvalue weighted by Gasteiger charge is -2.20. The van der Waals surface area contributed by atoms with E-state index >= 15 is 0 Å². The highest BCUT2D eigenvalue weighted by atomic mass is 15.2. The molecule has 3 nitrogen and oxygen atoms in total. The Kier molecular flexibility index (Phi) is 5.51. The maximum Gasteiger partial charge on any atom is 0.129 e. The molecule has 0 spiro atoms. The highest BCUT2D eigenvalue weighted by Crippen LogP contribution is 2.14. The largest absolute Gasteiger partial charge is 0.346 e. The van der Waals surface area contributed by atoms with Gasteiger partial charge in [0, 0.05) is 18.8 Å². The molecule has 92 valence electrons. The Morgan fingerprint density at radius 1 is 1.41 bits per heavy atom. The van der Waals surface area contributed by atoms with Crippen molar-refractivity contribution in [3.05, 3.63) is 23.4 Å². The van der Waals surface area contributed by atoms with Gasteiger partial charge in [-0.2, -0.15) is 0 Å². The van der Waals surface area contributed by atoms with Gasteiger partial charge in [-0.1, -0.05) is 12.8 Å². The molecule has 0 radical (unpaired) electrons. The topological polar surface area (TPSA) is 28.2 Å². The zero-order valence-corrected chi connectivity index (χ0v) is 11.0. The Hall–Kier alpha value is -1.53. The summed E-state index contributed by atoms with van der Waals surface area (Å²) in [5, 5.41) is 3.32. The summed E-state index contributed by atoms with van der Waals surface area (Å²) in [5.41, 5.74) is 2.29. The first-order valence-corrected chi connectivity index (χ1v) is 6.08. The van der Waals surface area contributed by atoms with Crippen LogP contribution in [-0.2, 0) is 6.54 Å². The zero-order valence-electron chi connectivity index (χ0n) is 11.0. The van der Waals surface area contributed by atoms with Gasteiger partial charge in [0.05, 0.1) is 6.54 Å². The van der Waals surface area contributed by atoms with Crippen LogP contribution < -0.4 is 10.2 Å². The van der Waals surface area contributed by atoms with Crippen molar-refractivity contribution in [3.8, 4) is 12.3 Å². The van der Waals surface area contributed by atoms with E-state index in [9.17, 15) is 0 Å². The molecule has 0 aromatic carbocycles. The number of nitrogens with one attached hydrogen (secondary N) is 1. The fraction of sp³-hybridized carbons (Fsp3) is 0.500. The Bertz CT molecular complexity index is 393. The Balaban J connectivity index is 2.91. The molecule has 0 fully saturated rings. The fourth-order valence-corrected chi connectivity index (χ4v) is 1.72. The van der Waals surface area contributed by atoms with Gasteiger partial charge in [0.25, 0.3) is 0 Å². The second-order valence-corrected chi connectivity index (χ2v) is 3.97. The van der Waals surface area contributed by atoms with Crippen molar-refractivity contribution < 1.29 is 0 Å². The van der Waals surface area contributed by atoms with Gasteiger partial charge in [-0.25, -0.2) is 4.98 Å². The van der Waals surface area contributed by atoms with Crippen LogP contribution in [0, 0.1) is 19.3 Å². The number of aryl methyl sites for hydroxylation is 1. The molecule has 0 saturated heterocycles. The van der Waals surface area contributed by atoms with Gasteiger partial charge in [-0.3, -0.25) is 0 Å². The number of hydrogen-bond acceptors (Lipinski definition) is 3. The number of rotatable bonds is 6. The second-order valence-electron chi connectivity index (χ2n) is 3.97. The molecule has 1 heterocycles. The van der Waals surface area contributed by atoms with Crippen molar-refractivity contribution >= 4 is 5.82 Å². The molecule has 0 aliphatic carbocycles. The molecule has 0 bridgehead atoms. The first-order valence-electron chi connectivity index (χ1n) is 6.08. The van der Waals surface area contributed by atoms with Gasteiger partial charge in [0.1, 0.15) is 5.82 Å². The van der Waals surface area contributed by atoms with Gasteiger partial charge in [0.15, 0.2) is 0 Å². The molecule has 0 amide bonds. The minimum atomic E-state index is 0.605. The third-order valence-electron chi connectivity index (χ3n) is 2.57. The molecule has 1 N–H and O–H groups in total. The molecule has 17 heavy (non-hydrogen) atoms. The number of terminal acetylenes is 1. The van der Waals surface area contributed by atoms with E-state index in [1.54, 1.807) is 0 Å². The van der Waals surface area contributed by atoms with Crippen LogP contribution in [-0.4, -0.2) is 24.6 Å². The molecule has 0 aliphatic rings. The predicted molar refractivity (Wildman–Crippen MR) is 73.1 cm³/mol. The maximum atomic E-state index is 5.37. The third kappa shape index (κ3) is 4.08. The molecule has 3 heteroatoms. The van der Waals surface area contributed by atoms with Crippen LogP contribution in [0.1, 0.15) is 25.1 Å². The third-order valence-corrected chi connectivity index (χ3v) is 2.57. The van der Waals surface area contributed by atoms with Crippen LogP contribution in [0.5, 0.6) is 0 Å². The summed E-state index contributed by atoms with van der Waals surface area (Å²) in [6.07, 6.45) is 5.37. The van der Waals surface area contributed by atoms with E-state index in [0.717, 1.165) is 31.1 Å². The molecule has 0 saturated carbocycles. The van der Waals surface area contributed by atoms with Crippen molar-refractivity contribution in [2.45, 2.75) is 27.3 Å². The Morgan fingerprint density at radius 2 is 2.18 bits per heavy atom. The summed E-state index contributed by atoms with van der Waals surface area (Å²) < 4.78 is 0. The standard InChI is InChI=1S/C14H21N3/c1-5-8-17(7-3)14-10-13(11-15-6-2)9-12(4)16-14/h1,9-10,15H,6-8,11H2,2-4H3. The summed E-state index contributed by atoms with van der Waals surface area (Å²) in [4.78, 5) is 6.63. The first-order chi connectivity index (χ1) is 8.21. The van der Waals surface area contributed by atoms with E-state index in [2.05, 4.69) is 47.1 Å². The summed E-state index contributed by atoms with van der Waals surface area (Å²) in [6, 6.07) is 4.21. The van der Waals surface area contributed by atoms with Crippen LogP contribution in [0.2, 0.25) is 0 Å². The average Bonchev–Trinajstić information content (AvgIpc) is 2.32. The summed E-state index contributed by atoms with van der Waals surface area (Å²) >= 11 is 0. The van der Waals surface area contributed by atoms with Crippen molar-refractivity contribution in [2.24, 2.45) is 0 Å². The molecule has 0 aliphatic heterocycles. The summed E-state index contributed by atoms with van der Waals surface area (Å²) in [6.45, 7) is 9.54. The SMILES string of the molecule is C#CCN(CC)c1cc(CNCC)cc(C)n1. The predicted octanol–water partition coefficient (Wildman–Crippen LogP) is 1.96. The highest BCUT2D eigenvalue weighted by molar-refractivity contribution is 5.43. The van der Waals surface area contributed by atoms with Crippen LogP contribution in [0.3, 0.4) is 0 Å². The Labute approximate surface area is 104 Å². The lowest BCUT2D eigenvalue weighted by atomic mass is 10.2. The minimum Gasteiger partial charge on any atom is -0.346 e. The molecule has 1 aromatic heterocycles. The van der Waals surface area contributed by atoms with E-state index < -0.39 is 0 Å². The minimum absolute atomic E-state index is 0.605. The number of hydrogen-bond donors (Lipinski definition) is 1. The van der Waals surface area contributed by atoms with Crippen molar-refractivity contribution in [3.63, 3.8) is 0 Å². The number of anilines is 1. The molecular weight excluding hydrogens is 210 g/mol. The number of aromatic nitrogens is 1. The van der Waals surface area contributed by atoms with Gasteiger partial charge >= 0.3 is 0 Å². The summed E-state index contributed by atoms with van der Waals surface area (Å²) in [5.74, 6) is 3.64. The molecule has 1 aromatic rings. The monoisotopic (exact) mass is 231 g/mol. The Morgan fingerprint density at radius 3 is 2.76 bits per heavy atom.